The fraction of sp³-hybridized carbons (Fsp3) is 0.0769. The number of thiophene rings is 1. The summed E-state index contributed by atoms with van der Waals surface area (Å²) in [4.78, 5) is 14.5. The van der Waals surface area contributed by atoms with Gasteiger partial charge in [-0.3, -0.25) is 4.79 Å². The van der Waals surface area contributed by atoms with E-state index in [1.54, 1.807) is 42.3 Å². The topological polar surface area (TPSA) is 44.1 Å². The van der Waals surface area contributed by atoms with Crippen LogP contribution >= 0.6 is 43.2 Å². The van der Waals surface area contributed by atoms with Crippen molar-refractivity contribution in [3.05, 3.63) is 49.0 Å². The van der Waals surface area contributed by atoms with E-state index in [2.05, 4.69) is 37.9 Å². The summed E-state index contributed by atoms with van der Waals surface area (Å²) >= 11 is 8.12. The van der Waals surface area contributed by atoms with E-state index in [9.17, 15) is 4.79 Å². The van der Waals surface area contributed by atoms with Crippen LogP contribution in [0.1, 0.15) is 15.2 Å². The standard InChI is InChI=1S/C13H8Br2N2OS/c1-17(9-4-2-8(7-16)3-5-9)13(18)11-6-10(14)12(15)19-11/h2-6H,1H3. The van der Waals surface area contributed by atoms with Gasteiger partial charge in [-0.2, -0.15) is 5.26 Å². The number of halogens is 2. The van der Waals surface area contributed by atoms with E-state index in [1.807, 2.05) is 0 Å². The largest absolute Gasteiger partial charge is 0.311 e. The second-order valence-electron chi connectivity index (χ2n) is 3.76. The summed E-state index contributed by atoms with van der Waals surface area (Å²) in [5, 5.41) is 8.75. The molecule has 96 valence electrons. The van der Waals surface area contributed by atoms with Crippen LogP contribution in [0.2, 0.25) is 0 Å². The Hall–Kier alpha value is -1.16. The number of amides is 1. The number of benzene rings is 1. The van der Waals surface area contributed by atoms with Crippen LogP contribution in [0.25, 0.3) is 0 Å². The summed E-state index contributed by atoms with van der Waals surface area (Å²) in [6.07, 6.45) is 0. The zero-order chi connectivity index (χ0) is 14.0. The molecule has 0 spiro atoms. The number of nitriles is 1. The molecule has 0 aliphatic heterocycles. The highest BCUT2D eigenvalue weighted by molar-refractivity contribution is 9.13. The number of carbonyl (C=O) groups excluding carboxylic acids is 1. The zero-order valence-corrected chi connectivity index (χ0v) is 13.8. The first kappa shape index (κ1) is 14.3. The Balaban J connectivity index is 2.25. The molecular weight excluding hydrogens is 392 g/mol. The molecule has 0 aliphatic rings. The van der Waals surface area contributed by atoms with Crippen molar-refractivity contribution in [2.45, 2.75) is 0 Å². The van der Waals surface area contributed by atoms with E-state index in [0.717, 1.165) is 13.9 Å². The lowest BCUT2D eigenvalue weighted by Crippen LogP contribution is -2.25. The molecule has 0 atom stereocenters. The molecule has 2 rings (SSSR count). The molecule has 1 heterocycles. The average molecular weight is 400 g/mol. The van der Waals surface area contributed by atoms with Crippen LogP contribution in [-0.2, 0) is 0 Å². The van der Waals surface area contributed by atoms with E-state index >= 15 is 0 Å². The molecule has 2 aromatic rings. The molecular formula is C13H8Br2N2OS. The van der Waals surface area contributed by atoms with E-state index in [0.29, 0.717) is 10.4 Å². The van der Waals surface area contributed by atoms with Crippen LogP contribution in [0.3, 0.4) is 0 Å². The predicted octanol–water partition coefficient (Wildman–Crippen LogP) is 4.42. The molecule has 3 nitrogen and oxygen atoms in total. The van der Waals surface area contributed by atoms with Gasteiger partial charge in [0.1, 0.15) is 0 Å². The van der Waals surface area contributed by atoms with Crippen molar-refractivity contribution in [2.75, 3.05) is 11.9 Å². The number of nitrogens with zero attached hydrogens (tertiary/aromatic N) is 2. The first-order valence-electron chi connectivity index (χ1n) is 5.26. The van der Waals surface area contributed by atoms with Gasteiger partial charge in [-0.1, -0.05) is 0 Å². The van der Waals surface area contributed by atoms with Gasteiger partial charge < -0.3 is 4.90 Å². The second-order valence-corrected chi connectivity index (χ2v) is 6.98. The summed E-state index contributed by atoms with van der Waals surface area (Å²) in [7, 11) is 1.71. The highest BCUT2D eigenvalue weighted by Crippen LogP contribution is 2.33. The number of hydrogen-bond acceptors (Lipinski definition) is 3. The van der Waals surface area contributed by atoms with Crippen LogP contribution < -0.4 is 4.90 Å². The first-order valence-corrected chi connectivity index (χ1v) is 7.66. The molecule has 0 bridgehead atoms. The Labute approximate surface area is 131 Å². The SMILES string of the molecule is CN(C(=O)c1cc(Br)c(Br)s1)c1ccc(C#N)cc1. The summed E-state index contributed by atoms with van der Waals surface area (Å²) in [5.41, 5.74) is 1.33. The van der Waals surface area contributed by atoms with Gasteiger partial charge in [0.05, 0.1) is 20.3 Å². The molecule has 0 N–H and O–H groups in total. The highest BCUT2D eigenvalue weighted by atomic mass is 79.9. The van der Waals surface area contributed by atoms with Gasteiger partial charge in [0, 0.05) is 17.2 Å². The number of rotatable bonds is 2. The van der Waals surface area contributed by atoms with Crippen LogP contribution in [0.4, 0.5) is 5.69 Å². The smallest absolute Gasteiger partial charge is 0.268 e. The minimum Gasteiger partial charge on any atom is -0.311 e. The van der Waals surface area contributed by atoms with Crippen molar-refractivity contribution < 1.29 is 4.79 Å². The molecule has 0 aliphatic carbocycles. The van der Waals surface area contributed by atoms with Gasteiger partial charge in [-0.05, 0) is 62.2 Å². The maximum atomic E-state index is 12.3. The zero-order valence-electron chi connectivity index (χ0n) is 9.85. The Morgan fingerprint density at radius 2 is 1.95 bits per heavy atom. The van der Waals surface area contributed by atoms with E-state index in [4.69, 9.17) is 5.26 Å². The quantitative estimate of drug-likeness (QED) is 0.750. The Morgan fingerprint density at radius 3 is 2.42 bits per heavy atom. The normalized spacial score (nSPS) is 10.0. The minimum absolute atomic E-state index is 0.0823. The Kier molecular flexibility index (Phi) is 4.40. The molecule has 0 saturated heterocycles. The lowest BCUT2D eigenvalue weighted by molar-refractivity contribution is 0.0997. The molecule has 6 heteroatoms. The second kappa shape index (κ2) is 5.87. The summed E-state index contributed by atoms with van der Waals surface area (Å²) in [6.45, 7) is 0. The average Bonchev–Trinajstić information content (AvgIpc) is 2.77. The fourth-order valence-corrected chi connectivity index (χ4v) is 3.51. The van der Waals surface area contributed by atoms with Gasteiger partial charge >= 0.3 is 0 Å². The maximum absolute atomic E-state index is 12.3. The van der Waals surface area contributed by atoms with Crippen LogP contribution in [0, 0.1) is 11.3 Å². The third-order valence-electron chi connectivity index (χ3n) is 2.54. The van der Waals surface area contributed by atoms with Crippen LogP contribution in [0.5, 0.6) is 0 Å². The fourth-order valence-electron chi connectivity index (χ4n) is 1.49. The van der Waals surface area contributed by atoms with Gasteiger partial charge in [0.25, 0.3) is 5.91 Å². The van der Waals surface area contributed by atoms with Crippen molar-refractivity contribution in [3.8, 4) is 6.07 Å². The summed E-state index contributed by atoms with van der Waals surface area (Å²) < 4.78 is 1.76. The molecule has 0 saturated carbocycles. The number of hydrogen-bond donors (Lipinski definition) is 0. The molecule has 0 unspecified atom stereocenters. The van der Waals surface area contributed by atoms with E-state index in [1.165, 1.54) is 11.3 Å². The van der Waals surface area contributed by atoms with Crippen molar-refractivity contribution in [2.24, 2.45) is 0 Å². The van der Waals surface area contributed by atoms with Gasteiger partial charge in [-0.15, -0.1) is 11.3 Å². The third-order valence-corrected chi connectivity index (χ3v) is 5.79. The molecule has 1 aromatic carbocycles. The van der Waals surface area contributed by atoms with Crippen molar-refractivity contribution in [3.63, 3.8) is 0 Å². The van der Waals surface area contributed by atoms with Gasteiger partial charge in [0.15, 0.2) is 0 Å². The molecule has 19 heavy (non-hydrogen) atoms. The van der Waals surface area contributed by atoms with Gasteiger partial charge in [-0.25, -0.2) is 0 Å². The predicted molar refractivity (Wildman–Crippen MR) is 83.6 cm³/mol. The Bertz CT molecular complexity index is 639. The molecule has 1 aromatic heterocycles. The number of anilines is 1. The molecule has 1 amide bonds. The van der Waals surface area contributed by atoms with E-state index in [-0.39, 0.29) is 5.91 Å². The van der Waals surface area contributed by atoms with Crippen molar-refractivity contribution in [1.29, 1.82) is 5.26 Å². The maximum Gasteiger partial charge on any atom is 0.268 e. The number of carbonyl (C=O) groups is 1. The Morgan fingerprint density at radius 1 is 1.32 bits per heavy atom. The summed E-state index contributed by atoms with van der Waals surface area (Å²) in [6, 6.07) is 10.7. The van der Waals surface area contributed by atoms with Crippen molar-refractivity contribution in [1.82, 2.24) is 0 Å². The van der Waals surface area contributed by atoms with Crippen LogP contribution in [0.15, 0.2) is 38.6 Å². The van der Waals surface area contributed by atoms with E-state index < -0.39 is 0 Å². The monoisotopic (exact) mass is 398 g/mol. The van der Waals surface area contributed by atoms with Crippen molar-refractivity contribution >= 4 is 54.8 Å². The van der Waals surface area contributed by atoms with Crippen LogP contribution in [-0.4, -0.2) is 13.0 Å². The highest BCUT2D eigenvalue weighted by Gasteiger charge is 2.17. The first-order chi connectivity index (χ1) is 9.02. The molecule has 0 fully saturated rings. The lowest BCUT2D eigenvalue weighted by Gasteiger charge is -2.16. The minimum atomic E-state index is -0.0823. The molecule has 0 radical (unpaired) electrons. The lowest BCUT2D eigenvalue weighted by atomic mass is 10.2. The third kappa shape index (κ3) is 3.06. The summed E-state index contributed by atoms with van der Waals surface area (Å²) in [5.74, 6) is -0.0823. The van der Waals surface area contributed by atoms with Gasteiger partial charge in [0.2, 0.25) is 0 Å².